The van der Waals surface area contributed by atoms with Crippen LogP contribution in [0.25, 0.3) is 0 Å². The van der Waals surface area contributed by atoms with Gasteiger partial charge in [-0.05, 0) is 31.5 Å². The zero-order chi connectivity index (χ0) is 12.3. The summed E-state index contributed by atoms with van der Waals surface area (Å²) in [6.07, 6.45) is 1.69. The molecule has 1 fully saturated rings. The number of anilines is 1. The molecule has 0 radical (unpaired) electrons. The Labute approximate surface area is 98.2 Å². The molecule has 1 amide bonds. The van der Waals surface area contributed by atoms with Gasteiger partial charge >= 0.3 is 0 Å². The van der Waals surface area contributed by atoms with Gasteiger partial charge in [0.2, 0.25) is 5.91 Å². The van der Waals surface area contributed by atoms with Gasteiger partial charge in [-0.25, -0.2) is 8.78 Å². The average molecular weight is 240 g/mol. The Bertz CT molecular complexity index is 417. The summed E-state index contributed by atoms with van der Waals surface area (Å²) in [4.78, 5) is 11.8. The van der Waals surface area contributed by atoms with E-state index in [1.165, 1.54) is 0 Å². The standard InChI is InChI=1S/C12H14F2N2O/c13-9-3-4-10(14)11(6-9)16-12(17)8-2-1-5-15-7-8/h3-4,6,8,15H,1-2,5,7H2,(H,16,17)/t8-/m0/s1. The van der Waals surface area contributed by atoms with Gasteiger partial charge in [0.1, 0.15) is 11.6 Å². The molecule has 0 bridgehead atoms. The summed E-state index contributed by atoms with van der Waals surface area (Å²) in [6.45, 7) is 1.49. The molecular weight excluding hydrogens is 226 g/mol. The van der Waals surface area contributed by atoms with E-state index in [4.69, 9.17) is 0 Å². The lowest BCUT2D eigenvalue weighted by molar-refractivity contribution is -0.120. The van der Waals surface area contributed by atoms with Crippen LogP contribution in [0.5, 0.6) is 0 Å². The lowest BCUT2D eigenvalue weighted by Crippen LogP contribution is -2.37. The Balaban J connectivity index is 2.04. The predicted octanol–water partition coefficient (Wildman–Crippen LogP) is 1.90. The summed E-state index contributed by atoms with van der Waals surface area (Å²) in [5.74, 6) is -1.62. The number of carbonyl (C=O) groups excluding carboxylic acids is 1. The molecule has 2 rings (SSSR count). The summed E-state index contributed by atoms with van der Waals surface area (Å²) in [6, 6.07) is 3.01. The third kappa shape index (κ3) is 3.00. The van der Waals surface area contributed by atoms with Crippen molar-refractivity contribution in [3.05, 3.63) is 29.8 Å². The van der Waals surface area contributed by atoms with Crippen LogP contribution in [0.15, 0.2) is 18.2 Å². The highest BCUT2D eigenvalue weighted by Crippen LogP contribution is 2.18. The van der Waals surface area contributed by atoms with Gasteiger partial charge in [-0.3, -0.25) is 4.79 Å². The van der Waals surface area contributed by atoms with Gasteiger partial charge in [-0.2, -0.15) is 0 Å². The number of halogens is 2. The summed E-state index contributed by atoms with van der Waals surface area (Å²) in [5.41, 5.74) is -0.0967. The topological polar surface area (TPSA) is 41.1 Å². The summed E-state index contributed by atoms with van der Waals surface area (Å²) in [7, 11) is 0. The van der Waals surface area contributed by atoms with Gasteiger partial charge in [0.25, 0.3) is 0 Å². The second-order valence-electron chi connectivity index (χ2n) is 4.16. The first kappa shape index (κ1) is 12.0. The number of hydrogen-bond acceptors (Lipinski definition) is 2. The lowest BCUT2D eigenvalue weighted by Gasteiger charge is -2.21. The van der Waals surface area contributed by atoms with Crippen LogP contribution in [0.2, 0.25) is 0 Å². The molecule has 1 aliphatic rings. The molecule has 3 nitrogen and oxygen atoms in total. The molecule has 1 aromatic rings. The molecule has 0 aliphatic carbocycles. The minimum Gasteiger partial charge on any atom is -0.323 e. The molecule has 1 aromatic carbocycles. The molecule has 17 heavy (non-hydrogen) atoms. The Hall–Kier alpha value is -1.49. The van der Waals surface area contributed by atoms with Crippen molar-refractivity contribution in [2.24, 2.45) is 5.92 Å². The van der Waals surface area contributed by atoms with Crippen molar-refractivity contribution in [1.29, 1.82) is 0 Å². The number of rotatable bonds is 2. The first-order valence-corrected chi connectivity index (χ1v) is 5.63. The molecule has 5 heteroatoms. The Morgan fingerprint density at radius 3 is 2.94 bits per heavy atom. The molecule has 0 unspecified atom stereocenters. The number of piperidine rings is 1. The molecule has 1 heterocycles. The zero-order valence-corrected chi connectivity index (χ0v) is 9.30. The van der Waals surface area contributed by atoms with Crippen LogP contribution in [0, 0.1) is 17.6 Å². The number of hydrogen-bond donors (Lipinski definition) is 2. The highest BCUT2D eigenvalue weighted by Gasteiger charge is 2.21. The maximum Gasteiger partial charge on any atom is 0.228 e. The van der Waals surface area contributed by atoms with E-state index in [1.54, 1.807) is 0 Å². The van der Waals surface area contributed by atoms with Crippen molar-refractivity contribution in [3.63, 3.8) is 0 Å². The molecule has 1 atom stereocenters. The van der Waals surface area contributed by atoms with E-state index >= 15 is 0 Å². The molecule has 0 aromatic heterocycles. The first-order valence-electron chi connectivity index (χ1n) is 5.63. The second kappa shape index (κ2) is 5.23. The molecule has 2 N–H and O–H groups in total. The number of benzene rings is 1. The molecule has 1 saturated heterocycles. The van der Waals surface area contributed by atoms with Crippen molar-refractivity contribution in [1.82, 2.24) is 5.32 Å². The molecule has 92 valence electrons. The average Bonchev–Trinajstić information content (AvgIpc) is 2.35. The fourth-order valence-electron chi connectivity index (χ4n) is 1.90. The fourth-order valence-corrected chi connectivity index (χ4v) is 1.90. The van der Waals surface area contributed by atoms with Crippen molar-refractivity contribution < 1.29 is 13.6 Å². The van der Waals surface area contributed by atoms with E-state index in [0.29, 0.717) is 6.54 Å². The maximum absolute atomic E-state index is 13.3. The monoisotopic (exact) mass is 240 g/mol. The van der Waals surface area contributed by atoms with Gasteiger partial charge in [0, 0.05) is 12.6 Å². The normalized spacial score (nSPS) is 20.0. The third-order valence-electron chi connectivity index (χ3n) is 2.85. The Morgan fingerprint density at radius 1 is 1.41 bits per heavy atom. The van der Waals surface area contributed by atoms with E-state index in [1.807, 2.05) is 0 Å². The second-order valence-corrected chi connectivity index (χ2v) is 4.16. The van der Waals surface area contributed by atoms with Crippen molar-refractivity contribution >= 4 is 11.6 Å². The number of carbonyl (C=O) groups is 1. The van der Waals surface area contributed by atoms with Gasteiger partial charge in [0.05, 0.1) is 11.6 Å². The zero-order valence-electron chi connectivity index (χ0n) is 9.30. The quantitative estimate of drug-likeness (QED) is 0.829. The summed E-state index contributed by atoms with van der Waals surface area (Å²) < 4.78 is 26.2. The van der Waals surface area contributed by atoms with Crippen molar-refractivity contribution in [3.8, 4) is 0 Å². The molecule has 0 saturated carbocycles. The molecular formula is C12H14F2N2O. The van der Waals surface area contributed by atoms with Crippen LogP contribution in [-0.4, -0.2) is 19.0 Å². The van der Waals surface area contributed by atoms with Crippen LogP contribution in [0.1, 0.15) is 12.8 Å². The van der Waals surface area contributed by atoms with Gasteiger partial charge in [0.15, 0.2) is 0 Å². The van der Waals surface area contributed by atoms with E-state index in [0.717, 1.165) is 37.6 Å². The van der Waals surface area contributed by atoms with E-state index in [9.17, 15) is 13.6 Å². The largest absolute Gasteiger partial charge is 0.323 e. The van der Waals surface area contributed by atoms with Crippen molar-refractivity contribution in [2.75, 3.05) is 18.4 Å². The minimum atomic E-state index is -0.622. The highest BCUT2D eigenvalue weighted by atomic mass is 19.1. The lowest BCUT2D eigenvalue weighted by atomic mass is 9.99. The van der Waals surface area contributed by atoms with Crippen LogP contribution >= 0.6 is 0 Å². The van der Waals surface area contributed by atoms with E-state index in [2.05, 4.69) is 10.6 Å². The third-order valence-corrected chi connectivity index (χ3v) is 2.85. The summed E-state index contributed by atoms with van der Waals surface area (Å²) in [5, 5.41) is 5.53. The van der Waals surface area contributed by atoms with Gasteiger partial charge in [-0.1, -0.05) is 0 Å². The Kier molecular flexibility index (Phi) is 3.68. The van der Waals surface area contributed by atoms with Gasteiger partial charge < -0.3 is 10.6 Å². The highest BCUT2D eigenvalue weighted by molar-refractivity contribution is 5.92. The maximum atomic E-state index is 13.3. The van der Waals surface area contributed by atoms with E-state index in [-0.39, 0.29) is 17.5 Å². The Morgan fingerprint density at radius 2 is 2.24 bits per heavy atom. The van der Waals surface area contributed by atoms with E-state index < -0.39 is 11.6 Å². The first-order chi connectivity index (χ1) is 8.16. The SMILES string of the molecule is O=C(Nc1cc(F)ccc1F)[C@H]1CCCNC1. The molecule has 1 aliphatic heterocycles. The van der Waals surface area contributed by atoms with Crippen LogP contribution in [0.4, 0.5) is 14.5 Å². The predicted molar refractivity (Wildman–Crippen MR) is 60.6 cm³/mol. The van der Waals surface area contributed by atoms with Gasteiger partial charge in [-0.15, -0.1) is 0 Å². The number of nitrogens with one attached hydrogen (secondary N) is 2. The van der Waals surface area contributed by atoms with Crippen LogP contribution in [-0.2, 0) is 4.79 Å². The summed E-state index contributed by atoms with van der Waals surface area (Å²) >= 11 is 0. The molecule has 0 spiro atoms. The van der Waals surface area contributed by atoms with Crippen LogP contribution < -0.4 is 10.6 Å². The number of amides is 1. The minimum absolute atomic E-state index is 0.0967. The fraction of sp³-hybridized carbons (Fsp3) is 0.417. The smallest absolute Gasteiger partial charge is 0.228 e. The van der Waals surface area contributed by atoms with Crippen molar-refractivity contribution in [2.45, 2.75) is 12.8 Å². The van der Waals surface area contributed by atoms with Crippen LogP contribution in [0.3, 0.4) is 0 Å².